The van der Waals surface area contributed by atoms with Gasteiger partial charge < -0.3 is 18.9 Å². The van der Waals surface area contributed by atoms with Crippen LogP contribution in [0.4, 0.5) is 0 Å². The van der Waals surface area contributed by atoms with Gasteiger partial charge in [0.25, 0.3) is 0 Å². The van der Waals surface area contributed by atoms with Gasteiger partial charge in [-0.2, -0.15) is 0 Å². The molecule has 0 radical (unpaired) electrons. The Hall–Kier alpha value is -2.30. The molecule has 0 bridgehead atoms. The van der Waals surface area contributed by atoms with E-state index in [-0.39, 0.29) is 18.2 Å². The molecule has 0 unspecified atom stereocenters. The molecule has 1 aliphatic heterocycles. The summed E-state index contributed by atoms with van der Waals surface area (Å²) in [6.07, 6.45) is 1.56. The first-order chi connectivity index (χ1) is 14.3. The van der Waals surface area contributed by atoms with Gasteiger partial charge in [0.05, 0.1) is 27.8 Å². The van der Waals surface area contributed by atoms with Crippen LogP contribution in [-0.2, 0) is 19.1 Å². The monoisotopic (exact) mass is 561 g/mol. The molecule has 1 aliphatic rings. The molecule has 7 nitrogen and oxygen atoms in total. The van der Waals surface area contributed by atoms with E-state index >= 15 is 0 Å². The van der Waals surface area contributed by atoms with Crippen molar-refractivity contribution in [3.8, 4) is 11.5 Å². The number of rotatable bonds is 6. The largest absolute Gasteiger partial charge is 0.493 e. The van der Waals surface area contributed by atoms with Crippen LogP contribution in [0.5, 0.6) is 11.5 Å². The topological polar surface area (TPSA) is 83.4 Å². The summed E-state index contributed by atoms with van der Waals surface area (Å²) in [6, 6.07) is 8.23. The van der Waals surface area contributed by atoms with Crippen molar-refractivity contribution in [1.82, 2.24) is 0 Å². The van der Waals surface area contributed by atoms with E-state index in [0.29, 0.717) is 36.2 Å². The van der Waals surface area contributed by atoms with E-state index in [1.54, 1.807) is 36.4 Å². The van der Waals surface area contributed by atoms with Crippen molar-refractivity contribution in [2.45, 2.75) is 0 Å². The number of benzene rings is 2. The second-order valence-electron chi connectivity index (χ2n) is 5.86. The Morgan fingerprint density at radius 1 is 1.20 bits per heavy atom. The molecule has 3 rings (SSSR count). The molecule has 0 aromatic heterocycles. The highest BCUT2D eigenvalue weighted by Gasteiger charge is 2.25. The van der Waals surface area contributed by atoms with Gasteiger partial charge in [0.2, 0.25) is 5.90 Å². The summed E-state index contributed by atoms with van der Waals surface area (Å²) in [5, 5.41) is 0.712. The van der Waals surface area contributed by atoms with Crippen LogP contribution in [0.3, 0.4) is 0 Å². The molecule has 0 aliphatic carbocycles. The third-order valence-electron chi connectivity index (χ3n) is 3.90. The Morgan fingerprint density at radius 2 is 1.97 bits per heavy atom. The van der Waals surface area contributed by atoms with Crippen molar-refractivity contribution in [3.63, 3.8) is 0 Å². The third kappa shape index (κ3) is 5.05. The number of cyclic esters (lactones) is 1. The Kier molecular flexibility index (Phi) is 7.22. The molecular weight excluding hydrogens is 548 g/mol. The maximum Gasteiger partial charge on any atom is 0.363 e. The Balaban J connectivity index is 1.90. The summed E-state index contributed by atoms with van der Waals surface area (Å²) in [5.74, 6) is -0.213. The smallest absolute Gasteiger partial charge is 0.363 e. The van der Waals surface area contributed by atoms with E-state index in [9.17, 15) is 9.59 Å². The molecule has 0 spiro atoms. The second kappa shape index (κ2) is 9.67. The number of carbonyl (C=O) groups excluding carboxylic acids is 2. The summed E-state index contributed by atoms with van der Waals surface area (Å²) >= 11 is 14.0. The predicted molar refractivity (Wildman–Crippen MR) is 120 cm³/mol. The summed E-state index contributed by atoms with van der Waals surface area (Å²) < 4.78 is 21.3. The molecule has 30 heavy (non-hydrogen) atoms. The lowest BCUT2D eigenvalue weighted by molar-refractivity contribution is -0.143. The van der Waals surface area contributed by atoms with Gasteiger partial charge in [0, 0.05) is 5.56 Å². The molecule has 0 atom stereocenters. The standard InChI is InChI=1S/C20H14Cl2INO6/c1-27-16-7-10(5-14(23)18(16)29-9-17(25)28-2)6-15-20(26)30-19(24-15)11-3-4-12(21)13(22)8-11/h3-8H,9H2,1-2H3/b15-6-. The Bertz CT molecular complexity index is 1080. The number of carbonyl (C=O) groups is 2. The van der Waals surface area contributed by atoms with Gasteiger partial charge in [-0.15, -0.1) is 0 Å². The van der Waals surface area contributed by atoms with E-state index in [1.165, 1.54) is 14.2 Å². The molecule has 0 saturated carbocycles. The van der Waals surface area contributed by atoms with Crippen LogP contribution < -0.4 is 9.47 Å². The minimum absolute atomic E-state index is 0.108. The number of ether oxygens (including phenoxy) is 4. The van der Waals surface area contributed by atoms with Crippen LogP contribution in [0.15, 0.2) is 41.0 Å². The molecule has 156 valence electrons. The van der Waals surface area contributed by atoms with Gasteiger partial charge >= 0.3 is 11.9 Å². The number of aliphatic imine (C=N–C) groups is 1. The van der Waals surface area contributed by atoms with Crippen molar-refractivity contribution < 1.29 is 28.5 Å². The number of methoxy groups -OCH3 is 2. The zero-order valence-corrected chi connectivity index (χ0v) is 19.4. The van der Waals surface area contributed by atoms with Crippen LogP contribution >= 0.6 is 45.8 Å². The SMILES string of the molecule is COC(=O)COc1c(I)cc(/C=C2\N=C(c3ccc(Cl)c(Cl)c3)OC2=O)cc1OC. The average Bonchev–Trinajstić information content (AvgIpc) is 3.08. The number of nitrogens with zero attached hydrogens (tertiary/aromatic N) is 1. The highest BCUT2D eigenvalue weighted by atomic mass is 127. The van der Waals surface area contributed by atoms with Crippen LogP contribution in [0.1, 0.15) is 11.1 Å². The third-order valence-corrected chi connectivity index (χ3v) is 5.44. The van der Waals surface area contributed by atoms with Crippen LogP contribution in [0, 0.1) is 3.57 Å². The fourth-order valence-corrected chi connectivity index (χ4v) is 3.55. The van der Waals surface area contributed by atoms with E-state index < -0.39 is 11.9 Å². The quantitative estimate of drug-likeness (QED) is 0.293. The minimum atomic E-state index is -0.601. The number of hydrogen-bond donors (Lipinski definition) is 0. The first kappa shape index (κ1) is 22.4. The Morgan fingerprint density at radius 3 is 2.63 bits per heavy atom. The zero-order chi connectivity index (χ0) is 21.8. The first-order valence-electron chi connectivity index (χ1n) is 8.37. The maximum atomic E-state index is 12.3. The molecular formula is C20H14Cl2INO6. The summed E-state index contributed by atoms with van der Waals surface area (Å²) in [5.41, 5.74) is 1.27. The summed E-state index contributed by atoms with van der Waals surface area (Å²) in [6.45, 7) is -0.257. The van der Waals surface area contributed by atoms with Crippen molar-refractivity contribution in [2.75, 3.05) is 20.8 Å². The zero-order valence-electron chi connectivity index (χ0n) is 15.7. The van der Waals surface area contributed by atoms with Crippen LogP contribution in [0.2, 0.25) is 10.0 Å². The van der Waals surface area contributed by atoms with Gasteiger partial charge in [0.15, 0.2) is 23.8 Å². The molecule has 0 fully saturated rings. The van der Waals surface area contributed by atoms with Crippen molar-refractivity contribution in [3.05, 3.63) is 60.8 Å². The summed E-state index contributed by atoms with van der Waals surface area (Å²) in [4.78, 5) is 27.8. The molecule has 0 saturated heterocycles. The first-order valence-corrected chi connectivity index (χ1v) is 10.2. The van der Waals surface area contributed by atoms with Gasteiger partial charge in [-0.3, -0.25) is 0 Å². The number of esters is 2. The van der Waals surface area contributed by atoms with Gasteiger partial charge in [-0.25, -0.2) is 14.6 Å². The highest BCUT2D eigenvalue weighted by molar-refractivity contribution is 14.1. The molecule has 2 aromatic rings. The minimum Gasteiger partial charge on any atom is -0.493 e. The molecule has 0 amide bonds. The van der Waals surface area contributed by atoms with Crippen molar-refractivity contribution >= 4 is 69.7 Å². The summed E-state index contributed by atoms with van der Waals surface area (Å²) in [7, 11) is 2.74. The number of hydrogen-bond acceptors (Lipinski definition) is 7. The van der Waals surface area contributed by atoms with Crippen molar-refractivity contribution in [1.29, 1.82) is 0 Å². The lowest BCUT2D eigenvalue weighted by Crippen LogP contribution is -2.13. The lowest BCUT2D eigenvalue weighted by atomic mass is 10.1. The molecule has 0 N–H and O–H groups in total. The van der Waals surface area contributed by atoms with Gasteiger partial charge in [0.1, 0.15) is 0 Å². The molecule has 1 heterocycles. The number of halogens is 3. The van der Waals surface area contributed by atoms with E-state index in [1.807, 2.05) is 22.6 Å². The maximum absolute atomic E-state index is 12.3. The lowest BCUT2D eigenvalue weighted by Gasteiger charge is -2.12. The highest BCUT2D eigenvalue weighted by Crippen LogP contribution is 2.35. The molecule has 10 heteroatoms. The van der Waals surface area contributed by atoms with E-state index in [4.69, 9.17) is 37.4 Å². The predicted octanol–water partition coefficient (Wildman–Crippen LogP) is 4.50. The second-order valence-corrected chi connectivity index (χ2v) is 7.84. The molecule has 2 aromatic carbocycles. The van der Waals surface area contributed by atoms with Gasteiger partial charge in [-0.1, -0.05) is 23.2 Å². The van der Waals surface area contributed by atoms with Crippen LogP contribution in [-0.4, -0.2) is 38.7 Å². The van der Waals surface area contributed by atoms with Gasteiger partial charge in [-0.05, 0) is 64.6 Å². The average molecular weight is 562 g/mol. The van der Waals surface area contributed by atoms with Crippen molar-refractivity contribution in [2.24, 2.45) is 4.99 Å². The normalized spacial score (nSPS) is 14.4. The van der Waals surface area contributed by atoms with E-state index in [0.717, 1.165) is 0 Å². The Labute approximate surface area is 195 Å². The fraction of sp³-hybridized carbons (Fsp3) is 0.150. The van der Waals surface area contributed by atoms with E-state index in [2.05, 4.69) is 9.73 Å². The van der Waals surface area contributed by atoms with Crippen LogP contribution in [0.25, 0.3) is 6.08 Å². The fourth-order valence-electron chi connectivity index (χ4n) is 2.47.